The van der Waals surface area contributed by atoms with Crippen molar-refractivity contribution in [1.82, 2.24) is 0 Å². The molecule has 2 rings (SSSR count). The minimum absolute atomic E-state index is 0.313. The number of rotatable bonds is 0. The van der Waals surface area contributed by atoms with Gasteiger partial charge in [0.25, 0.3) is 0 Å². The van der Waals surface area contributed by atoms with E-state index in [1.54, 1.807) is 18.4 Å². The summed E-state index contributed by atoms with van der Waals surface area (Å²) in [5, 5.41) is -0.641. The van der Waals surface area contributed by atoms with Gasteiger partial charge in [0.2, 0.25) is 0 Å². The highest BCUT2D eigenvalue weighted by atomic mass is 35.5. The minimum Gasteiger partial charge on any atom is -0.257 e. The maximum Gasteiger partial charge on any atom is 0.122 e. The lowest BCUT2D eigenvalue weighted by molar-refractivity contribution is 0.616. The molecule has 0 spiro atoms. The van der Waals surface area contributed by atoms with Gasteiger partial charge in [-0.25, -0.2) is 4.39 Å². The lowest BCUT2D eigenvalue weighted by atomic mass is 10.1. The summed E-state index contributed by atoms with van der Waals surface area (Å²) in [6.45, 7) is 0. The SMILES string of the molecule is FC1=CC2=CC=NC2=C[C@H]1Cl. The van der Waals surface area contributed by atoms with Crippen LogP contribution in [0.5, 0.6) is 0 Å². The molecule has 0 bridgehead atoms. The van der Waals surface area contributed by atoms with Crippen molar-refractivity contribution in [3.63, 3.8) is 0 Å². The number of alkyl halides is 1. The third-order valence-corrected chi connectivity index (χ3v) is 1.96. The van der Waals surface area contributed by atoms with Crippen LogP contribution in [0.3, 0.4) is 0 Å². The molecule has 0 fully saturated rings. The molecule has 0 saturated heterocycles. The average molecular weight is 170 g/mol. The second kappa shape index (κ2) is 2.31. The summed E-state index contributed by atoms with van der Waals surface area (Å²) >= 11 is 5.61. The lowest BCUT2D eigenvalue weighted by Crippen LogP contribution is -2.01. The van der Waals surface area contributed by atoms with E-state index < -0.39 is 5.38 Å². The fraction of sp³-hybridized carbons (Fsp3) is 0.125. The van der Waals surface area contributed by atoms with Crippen LogP contribution in [0.25, 0.3) is 0 Å². The molecule has 1 aliphatic heterocycles. The molecule has 0 aromatic rings. The molecule has 3 heteroatoms. The van der Waals surface area contributed by atoms with Crippen molar-refractivity contribution in [2.75, 3.05) is 0 Å². The number of allylic oxidation sites excluding steroid dienone is 4. The van der Waals surface area contributed by atoms with Gasteiger partial charge in [0, 0.05) is 11.8 Å². The molecule has 1 aliphatic carbocycles. The zero-order valence-corrected chi connectivity index (χ0v) is 6.35. The van der Waals surface area contributed by atoms with Crippen molar-refractivity contribution < 1.29 is 4.39 Å². The van der Waals surface area contributed by atoms with Crippen LogP contribution in [0.15, 0.2) is 40.3 Å². The van der Waals surface area contributed by atoms with E-state index in [1.807, 2.05) is 0 Å². The molecule has 0 amide bonds. The molecular weight excluding hydrogens is 165 g/mol. The lowest BCUT2D eigenvalue weighted by Gasteiger charge is -2.09. The van der Waals surface area contributed by atoms with Crippen LogP contribution in [0.1, 0.15) is 0 Å². The molecule has 1 nitrogen and oxygen atoms in total. The second-order valence-electron chi connectivity index (χ2n) is 2.38. The summed E-state index contributed by atoms with van der Waals surface area (Å²) in [5.41, 5.74) is 1.57. The van der Waals surface area contributed by atoms with Gasteiger partial charge in [-0.2, -0.15) is 0 Å². The van der Waals surface area contributed by atoms with Crippen LogP contribution in [0.4, 0.5) is 4.39 Å². The Morgan fingerprint density at radius 2 is 2.36 bits per heavy atom. The van der Waals surface area contributed by atoms with E-state index >= 15 is 0 Å². The summed E-state index contributed by atoms with van der Waals surface area (Å²) < 4.78 is 12.8. The Morgan fingerprint density at radius 3 is 3.18 bits per heavy atom. The third-order valence-electron chi connectivity index (χ3n) is 1.62. The number of hydrogen-bond acceptors (Lipinski definition) is 1. The molecule has 0 saturated carbocycles. The third kappa shape index (κ3) is 1.03. The average Bonchev–Trinajstić information content (AvgIpc) is 2.36. The molecule has 0 aromatic heterocycles. The monoisotopic (exact) mass is 169 g/mol. The Balaban J connectivity index is 2.43. The van der Waals surface area contributed by atoms with E-state index in [1.165, 1.54) is 6.08 Å². The maximum atomic E-state index is 12.8. The number of hydrogen-bond donors (Lipinski definition) is 0. The molecule has 1 atom stereocenters. The maximum absolute atomic E-state index is 12.8. The number of nitrogens with zero attached hydrogens (tertiary/aromatic N) is 1. The molecular formula is C8H5ClFN. The topological polar surface area (TPSA) is 12.4 Å². The van der Waals surface area contributed by atoms with Crippen molar-refractivity contribution in [2.45, 2.75) is 5.38 Å². The van der Waals surface area contributed by atoms with Gasteiger partial charge < -0.3 is 0 Å². The van der Waals surface area contributed by atoms with Crippen molar-refractivity contribution >= 4 is 17.8 Å². The fourth-order valence-corrected chi connectivity index (χ4v) is 1.25. The molecule has 0 unspecified atom stereocenters. The van der Waals surface area contributed by atoms with Crippen LogP contribution < -0.4 is 0 Å². The van der Waals surface area contributed by atoms with Crippen LogP contribution in [0.2, 0.25) is 0 Å². The largest absolute Gasteiger partial charge is 0.257 e. The Labute approximate surface area is 68.6 Å². The first-order valence-corrected chi connectivity index (χ1v) is 3.69. The van der Waals surface area contributed by atoms with Crippen LogP contribution in [-0.4, -0.2) is 11.6 Å². The van der Waals surface area contributed by atoms with Gasteiger partial charge in [0.05, 0.1) is 5.70 Å². The molecule has 0 radical (unpaired) electrons. The highest BCUT2D eigenvalue weighted by Gasteiger charge is 2.18. The first-order chi connectivity index (χ1) is 5.27. The normalized spacial score (nSPS) is 27.5. The van der Waals surface area contributed by atoms with Crippen LogP contribution >= 0.6 is 11.6 Å². The first kappa shape index (κ1) is 6.80. The van der Waals surface area contributed by atoms with E-state index in [9.17, 15) is 4.39 Å². The zero-order chi connectivity index (χ0) is 7.84. The quantitative estimate of drug-likeness (QED) is 0.494. The molecule has 11 heavy (non-hydrogen) atoms. The fourth-order valence-electron chi connectivity index (χ4n) is 1.07. The molecule has 56 valence electrons. The van der Waals surface area contributed by atoms with Crippen molar-refractivity contribution in [1.29, 1.82) is 0 Å². The molecule has 2 aliphatic rings. The van der Waals surface area contributed by atoms with Gasteiger partial charge in [0.15, 0.2) is 0 Å². The summed E-state index contributed by atoms with van der Waals surface area (Å²) in [6, 6.07) is 0. The summed E-state index contributed by atoms with van der Waals surface area (Å²) in [7, 11) is 0. The first-order valence-electron chi connectivity index (χ1n) is 3.25. The van der Waals surface area contributed by atoms with E-state index in [-0.39, 0.29) is 5.83 Å². The predicted molar refractivity (Wildman–Crippen MR) is 43.5 cm³/mol. The van der Waals surface area contributed by atoms with Gasteiger partial charge >= 0.3 is 0 Å². The number of aliphatic imine (C=N–C) groups is 1. The van der Waals surface area contributed by atoms with Crippen molar-refractivity contribution in [3.05, 3.63) is 35.3 Å². The summed E-state index contributed by atoms with van der Waals surface area (Å²) in [6.07, 6.45) is 6.42. The van der Waals surface area contributed by atoms with Gasteiger partial charge in [-0.3, -0.25) is 4.99 Å². The van der Waals surface area contributed by atoms with Gasteiger partial charge in [-0.05, 0) is 18.2 Å². The Morgan fingerprint density at radius 1 is 1.55 bits per heavy atom. The van der Waals surface area contributed by atoms with E-state index in [2.05, 4.69) is 4.99 Å². The van der Waals surface area contributed by atoms with Gasteiger partial charge in [-0.1, -0.05) is 0 Å². The molecule has 0 aromatic carbocycles. The zero-order valence-electron chi connectivity index (χ0n) is 5.59. The predicted octanol–water partition coefficient (Wildman–Crippen LogP) is 2.36. The molecule has 0 N–H and O–H groups in total. The van der Waals surface area contributed by atoms with Crippen molar-refractivity contribution in [3.8, 4) is 0 Å². The Kier molecular flexibility index (Phi) is 1.43. The van der Waals surface area contributed by atoms with E-state index in [0.717, 1.165) is 11.3 Å². The summed E-state index contributed by atoms with van der Waals surface area (Å²) in [5.74, 6) is -0.313. The number of halogens is 2. The second-order valence-corrected chi connectivity index (χ2v) is 2.85. The van der Waals surface area contributed by atoms with Crippen LogP contribution in [-0.2, 0) is 0 Å². The smallest absolute Gasteiger partial charge is 0.122 e. The van der Waals surface area contributed by atoms with E-state index in [0.29, 0.717) is 0 Å². The Hall–Kier alpha value is -0.890. The number of fused-ring (bicyclic) bond motifs is 1. The van der Waals surface area contributed by atoms with Crippen LogP contribution in [0, 0.1) is 0 Å². The van der Waals surface area contributed by atoms with Gasteiger partial charge in [0.1, 0.15) is 11.2 Å². The highest BCUT2D eigenvalue weighted by molar-refractivity contribution is 6.23. The Bertz CT molecular complexity index is 312. The highest BCUT2D eigenvalue weighted by Crippen LogP contribution is 2.29. The van der Waals surface area contributed by atoms with Gasteiger partial charge in [-0.15, -0.1) is 11.6 Å². The molecule has 1 heterocycles. The summed E-state index contributed by atoms with van der Waals surface area (Å²) in [4.78, 5) is 3.99. The van der Waals surface area contributed by atoms with E-state index in [4.69, 9.17) is 11.6 Å². The minimum atomic E-state index is -0.641. The standard InChI is InChI=1S/C8H5ClFN/c9-6-4-8-5(1-2-11-8)3-7(6)10/h1-4,6H/t6-/m1/s1. The van der Waals surface area contributed by atoms with Crippen molar-refractivity contribution in [2.24, 2.45) is 4.99 Å².